The standard InChI is InChI=1S/C17H25NO3/c1-3-6-14-8-5-10-16(18-14)17(20)13-7-4-9-15(11-13)21-12(2)19/h4,7,9,11,14,16-18,20H,3,5-6,8,10H2,1-2H3/t14-,16+,17+/m0/s1. The van der Waals surface area contributed by atoms with Crippen LogP contribution in [0.3, 0.4) is 0 Å². The Bertz CT molecular complexity index is 473. The predicted molar refractivity (Wildman–Crippen MR) is 82.2 cm³/mol. The van der Waals surface area contributed by atoms with Crippen molar-refractivity contribution in [3.63, 3.8) is 0 Å². The van der Waals surface area contributed by atoms with Crippen molar-refractivity contribution < 1.29 is 14.6 Å². The summed E-state index contributed by atoms with van der Waals surface area (Å²) < 4.78 is 5.08. The van der Waals surface area contributed by atoms with E-state index in [-0.39, 0.29) is 12.0 Å². The minimum atomic E-state index is -0.569. The Hall–Kier alpha value is -1.39. The molecule has 2 rings (SSSR count). The summed E-state index contributed by atoms with van der Waals surface area (Å²) in [5.41, 5.74) is 0.795. The Kier molecular flexibility index (Phi) is 5.76. The fourth-order valence-electron chi connectivity index (χ4n) is 3.04. The second-order valence-electron chi connectivity index (χ2n) is 5.80. The fourth-order valence-corrected chi connectivity index (χ4v) is 3.04. The molecule has 0 spiro atoms. The highest BCUT2D eigenvalue weighted by Gasteiger charge is 2.27. The third-order valence-electron chi connectivity index (χ3n) is 4.00. The highest BCUT2D eigenvalue weighted by atomic mass is 16.5. The van der Waals surface area contributed by atoms with Gasteiger partial charge in [-0.25, -0.2) is 0 Å². The molecule has 1 aromatic carbocycles. The van der Waals surface area contributed by atoms with Gasteiger partial charge in [0.2, 0.25) is 0 Å². The molecule has 0 bridgehead atoms. The Balaban J connectivity index is 2.04. The summed E-state index contributed by atoms with van der Waals surface area (Å²) in [5, 5.41) is 14.1. The molecule has 4 nitrogen and oxygen atoms in total. The molecule has 3 atom stereocenters. The van der Waals surface area contributed by atoms with Gasteiger partial charge in [0.25, 0.3) is 0 Å². The van der Waals surface area contributed by atoms with E-state index in [1.54, 1.807) is 12.1 Å². The Morgan fingerprint density at radius 1 is 1.48 bits per heavy atom. The van der Waals surface area contributed by atoms with Crippen molar-refractivity contribution in [2.75, 3.05) is 0 Å². The van der Waals surface area contributed by atoms with Gasteiger partial charge in [0.15, 0.2) is 0 Å². The second-order valence-corrected chi connectivity index (χ2v) is 5.80. The number of benzene rings is 1. The summed E-state index contributed by atoms with van der Waals surface area (Å²) in [7, 11) is 0. The second kappa shape index (κ2) is 7.57. The van der Waals surface area contributed by atoms with Crippen LogP contribution in [-0.2, 0) is 4.79 Å². The Morgan fingerprint density at radius 2 is 2.29 bits per heavy atom. The highest BCUT2D eigenvalue weighted by molar-refractivity contribution is 5.69. The molecule has 0 unspecified atom stereocenters. The summed E-state index contributed by atoms with van der Waals surface area (Å²) in [4.78, 5) is 11.0. The maximum atomic E-state index is 11.0. The first-order valence-corrected chi connectivity index (χ1v) is 7.82. The average molecular weight is 291 g/mol. The van der Waals surface area contributed by atoms with Crippen LogP contribution in [0.2, 0.25) is 0 Å². The van der Waals surface area contributed by atoms with Crippen LogP contribution < -0.4 is 10.1 Å². The van der Waals surface area contributed by atoms with Gasteiger partial charge < -0.3 is 15.2 Å². The number of hydrogen-bond donors (Lipinski definition) is 2. The summed E-state index contributed by atoms with van der Waals surface area (Å²) in [6.07, 6.45) is 5.03. The molecule has 2 N–H and O–H groups in total. The molecule has 4 heteroatoms. The first kappa shape index (κ1) is 16.0. The van der Waals surface area contributed by atoms with Crippen molar-refractivity contribution in [1.82, 2.24) is 5.32 Å². The van der Waals surface area contributed by atoms with Crippen molar-refractivity contribution >= 4 is 5.97 Å². The number of esters is 1. The lowest BCUT2D eigenvalue weighted by atomic mass is 9.90. The third kappa shape index (κ3) is 4.55. The number of ether oxygens (including phenoxy) is 1. The van der Waals surface area contributed by atoms with E-state index < -0.39 is 6.10 Å². The lowest BCUT2D eigenvalue weighted by Gasteiger charge is -2.34. The predicted octanol–water partition coefficient (Wildman–Crippen LogP) is 2.96. The van der Waals surface area contributed by atoms with Gasteiger partial charge in [-0.1, -0.05) is 31.9 Å². The molecule has 0 aromatic heterocycles. The number of carbonyl (C=O) groups excluding carboxylic acids is 1. The minimum absolute atomic E-state index is 0.0721. The molecular formula is C17H25NO3. The van der Waals surface area contributed by atoms with Gasteiger partial charge in [-0.05, 0) is 37.0 Å². The molecule has 0 amide bonds. The van der Waals surface area contributed by atoms with E-state index in [2.05, 4.69) is 12.2 Å². The van der Waals surface area contributed by atoms with Gasteiger partial charge in [0.05, 0.1) is 6.10 Å². The van der Waals surface area contributed by atoms with Crippen LogP contribution in [0.5, 0.6) is 5.75 Å². The van der Waals surface area contributed by atoms with Gasteiger partial charge >= 0.3 is 5.97 Å². The molecule has 1 heterocycles. The summed E-state index contributed by atoms with van der Waals surface area (Å²) in [5.74, 6) is 0.139. The fraction of sp³-hybridized carbons (Fsp3) is 0.588. The van der Waals surface area contributed by atoms with Crippen LogP contribution in [0.1, 0.15) is 57.6 Å². The minimum Gasteiger partial charge on any atom is -0.427 e. The topological polar surface area (TPSA) is 58.6 Å². The molecule has 1 aliphatic heterocycles. The number of rotatable bonds is 5. The van der Waals surface area contributed by atoms with Gasteiger partial charge in [-0.3, -0.25) is 4.79 Å². The van der Waals surface area contributed by atoms with E-state index in [4.69, 9.17) is 4.74 Å². The summed E-state index contributed by atoms with van der Waals surface area (Å²) in [6.45, 7) is 3.56. The molecule has 0 saturated carbocycles. The number of aliphatic hydroxyl groups excluding tert-OH is 1. The molecule has 0 radical (unpaired) electrons. The Labute approximate surface area is 126 Å². The zero-order valence-electron chi connectivity index (χ0n) is 12.8. The normalized spacial score (nSPS) is 23.6. The number of aliphatic hydroxyl groups is 1. The molecular weight excluding hydrogens is 266 g/mol. The maximum Gasteiger partial charge on any atom is 0.308 e. The number of nitrogens with one attached hydrogen (secondary N) is 1. The van der Waals surface area contributed by atoms with Gasteiger partial charge in [0.1, 0.15) is 5.75 Å². The highest BCUT2D eigenvalue weighted by Crippen LogP contribution is 2.28. The van der Waals surface area contributed by atoms with Crippen LogP contribution in [0, 0.1) is 0 Å². The van der Waals surface area contributed by atoms with Crippen molar-refractivity contribution in [3.8, 4) is 5.75 Å². The largest absolute Gasteiger partial charge is 0.427 e. The molecule has 0 aliphatic carbocycles. The first-order chi connectivity index (χ1) is 10.1. The van der Waals surface area contributed by atoms with Crippen LogP contribution in [-0.4, -0.2) is 23.2 Å². The van der Waals surface area contributed by atoms with Crippen LogP contribution in [0.15, 0.2) is 24.3 Å². The van der Waals surface area contributed by atoms with E-state index in [9.17, 15) is 9.90 Å². The monoisotopic (exact) mass is 291 g/mol. The van der Waals surface area contributed by atoms with Crippen molar-refractivity contribution in [3.05, 3.63) is 29.8 Å². The van der Waals surface area contributed by atoms with E-state index >= 15 is 0 Å². The summed E-state index contributed by atoms with van der Waals surface area (Å²) >= 11 is 0. The lowest BCUT2D eigenvalue weighted by Crippen LogP contribution is -2.45. The van der Waals surface area contributed by atoms with Crippen molar-refractivity contribution in [2.24, 2.45) is 0 Å². The van der Waals surface area contributed by atoms with E-state index in [1.165, 1.54) is 13.3 Å². The molecule has 1 aromatic rings. The summed E-state index contributed by atoms with van der Waals surface area (Å²) in [6, 6.07) is 7.73. The smallest absolute Gasteiger partial charge is 0.308 e. The maximum absolute atomic E-state index is 11.0. The van der Waals surface area contributed by atoms with E-state index in [0.29, 0.717) is 11.8 Å². The lowest BCUT2D eigenvalue weighted by molar-refractivity contribution is -0.131. The number of carbonyl (C=O) groups is 1. The van der Waals surface area contributed by atoms with Crippen molar-refractivity contribution in [1.29, 1.82) is 0 Å². The average Bonchev–Trinajstić information content (AvgIpc) is 2.47. The van der Waals surface area contributed by atoms with Gasteiger partial charge in [0, 0.05) is 19.0 Å². The zero-order chi connectivity index (χ0) is 15.2. The van der Waals surface area contributed by atoms with Crippen LogP contribution in [0.4, 0.5) is 0 Å². The molecule has 1 saturated heterocycles. The number of piperidine rings is 1. The van der Waals surface area contributed by atoms with E-state index in [1.807, 2.05) is 12.1 Å². The molecule has 21 heavy (non-hydrogen) atoms. The quantitative estimate of drug-likeness (QED) is 0.647. The zero-order valence-corrected chi connectivity index (χ0v) is 12.8. The molecule has 116 valence electrons. The van der Waals surface area contributed by atoms with Gasteiger partial charge in [-0.2, -0.15) is 0 Å². The van der Waals surface area contributed by atoms with Crippen LogP contribution >= 0.6 is 0 Å². The SMILES string of the molecule is CCC[C@H]1CCC[C@H]([C@H](O)c2cccc(OC(C)=O)c2)N1. The van der Waals surface area contributed by atoms with E-state index in [0.717, 1.165) is 31.2 Å². The molecule has 1 aliphatic rings. The van der Waals surface area contributed by atoms with Crippen molar-refractivity contribution in [2.45, 2.75) is 64.1 Å². The van der Waals surface area contributed by atoms with Crippen LogP contribution in [0.25, 0.3) is 0 Å². The third-order valence-corrected chi connectivity index (χ3v) is 4.00. The number of hydrogen-bond acceptors (Lipinski definition) is 4. The molecule has 1 fully saturated rings. The Morgan fingerprint density at radius 3 is 3.00 bits per heavy atom. The van der Waals surface area contributed by atoms with Gasteiger partial charge in [-0.15, -0.1) is 0 Å². The first-order valence-electron chi connectivity index (χ1n) is 7.82.